The third-order valence-corrected chi connectivity index (χ3v) is 10.7. The number of halogens is 5. The lowest BCUT2D eigenvalue weighted by Gasteiger charge is -2.39. The first-order chi connectivity index (χ1) is 16.5. The summed E-state index contributed by atoms with van der Waals surface area (Å²) in [4.78, 5) is 1.19. The van der Waals surface area contributed by atoms with Crippen molar-refractivity contribution in [2.45, 2.75) is 25.8 Å². The van der Waals surface area contributed by atoms with Gasteiger partial charge in [-0.05, 0) is 95.2 Å². The van der Waals surface area contributed by atoms with Crippen LogP contribution in [0, 0.1) is 0 Å². The lowest BCUT2D eigenvalue weighted by molar-refractivity contribution is -0.137. The first-order valence-electron chi connectivity index (χ1n) is 10.1. The van der Waals surface area contributed by atoms with Crippen molar-refractivity contribution in [3.63, 3.8) is 0 Å². The highest BCUT2D eigenvalue weighted by Crippen LogP contribution is 2.70. The van der Waals surface area contributed by atoms with Crippen molar-refractivity contribution in [1.82, 2.24) is 0 Å². The molecule has 0 fully saturated rings. The zero-order chi connectivity index (χ0) is 25.3. The fourth-order valence-corrected chi connectivity index (χ4v) is 8.82. The lowest BCUT2D eigenvalue weighted by Crippen LogP contribution is -2.15. The van der Waals surface area contributed by atoms with E-state index < -0.39 is 37.1 Å². The van der Waals surface area contributed by atoms with E-state index >= 15 is 0 Å². The maximum Gasteiger partial charge on any atom is 0.416 e. The molecule has 0 spiro atoms. The Morgan fingerprint density at radius 2 is 0.971 bits per heavy atom. The van der Waals surface area contributed by atoms with Crippen LogP contribution in [0.15, 0.2) is 123 Å². The van der Waals surface area contributed by atoms with Crippen molar-refractivity contribution in [3.05, 3.63) is 119 Å². The molecule has 0 aliphatic carbocycles. The van der Waals surface area contributed by atoms with Gasteiger partial charge in [-0.25, -0.2) is 3.63 Å². The van der Waals surface area contributed by atoms with Crippen LogP contribution in [-0.2, 0) is 19.9 Å². The molecule has 0 aliphatic rings. The van der Waals surface area contributed by atoms with Gasteiger partial charge in [-0.3, -0.25) is 0 Å². The zero-order valence-electron chi connectivity index (χ0n) is 17.7. The molecule has 0 aliphatic heterocycles. The monoisotopic (exact) mass is 556 g/mol. The molecular weight excluding hydrogens is 540 g/mol. The summed E-state index contributed by atoms with van der Waals surface area (Å²) in [5.74, 6) is 0. The van der Waals surface area contributed by atoms with Crippen LogP contribution in [0.2, 0.25) is 10.0 Å². The van der Waals surface area contributed by atoms with E-state index in [1.165, 1.54) is 0 Å². The van der Waals surface area contributed by atoms with E-state index in [0.717, 1.165) is 12.1 Å². The summed E-state index contributed by atoms with van der Waals surface area (Å²) in [5.41, 5.74) is -0.964. The third-order valence-electron chi connectivity index (χ3n) is 5.03. The van der Waals surface area contributed by atoms with Gasteiger partial charge in [-0.2, -0.15) is 21.6 Å². The molecule has 0 N–H and O–H groups in total. The highest BCUT2D eigenvalue weighted by atomic mass is 35.5. The van der Waals surface area contributed by atoms with Crippen molar-refractivity contribution in [1.29, 1.82) is 0 Å². The van der Waals surface area contributed by atoms with Crippen molar-refractivity contribution in [2.75, 3.05) is 0 Å². The van der Waals surface area contributed by atoms with Crippen LogP contribution in [0.3, 0.4) is 0 Å². The van der Waals surface area contributed by atoms with Crippen molar-refractivity contribution in [3.8, 4) is 0 Å². The van der Waals surface area contributed by atoms with Crippen LogP contribution in [0.1, 0.15) is 5.56 Å². The van der Waals surface area contributed by atoms with Gasteiger partial charge in [0.2, 0.25) is 0 Å². The molecule has 0 heterocycles. The van der Waals surface area contributed by atoms with Gasteiger partial charge in [0.25, 0.3) is 0 Å². The zero-order valence-corrected chi connectivity index (χ0v) is 20.9. The molecule has 4 rings (SSSR count). The van der Waals surface area contributed by atoms with Crippen LogP contribution < -0.4 is 0 Å². The molecule has 10 heteroatoms. The van der Waals surface area contributed by atoms with E-state index in [4.69, 9.17) is 26.8 Å². The van der Waals surface area contributed by atoms with E-state index in [9.17, 15) is 21.6 Å². The number of alkyl halides is 3. The third kappa shape index (κ3) is 5.37. The van der Waals surface area contributed by atoms with Gasteiger partial charge in [0.1, 0.15) is 0 Å². The van der Waals surface area contributed by atoms with Gasteiger partial charge in [-0.15, -0.1) is 0 Å². The van der Waals surface area contributed by atoms with Crippen molar-refractivity contribution in [2.24, 2.45) is 0 Å². The normalized spacial score (nSPS) is 12.9. The van der Waals surface area contributed by atoms with Crippen LogP contribution in [0.4, 0.5) is 13.2 Å². The van der Waals surface area contributed by atoms with Crippen LogP contribution in [0.5, 0.6) is 0 Å². The first kappa shape index (κ1) is 25.6. The molecule has 0 unspecified atom stereocenters. The Morgan fingerprint density at radius 3 is 1.40 bits per heavy atom. The average molecular weight is 557 g/mol. The van der Waals surface area contributed by atoms with E-state index in [2.05, 4.69) is 0 Å². The number of hydrogen-bond donors (Lipinski definition) is 0. The predicted molar refractivity (Wildman–Crippen MR) is 131 cm³/mol. The smallest absolute Gasteiger partial charge is 0.203 e. The van der Waals surface area contributed by atoms with Crippen molar-refractivity contribution < 1.29 is 25.2 Å². The summed E-state index contributed by atoms with van der Waals surface area (Å²) in [6, 6.07) is 25.1. The summed E-state index contributed by atoms with van der Waals surface area (Å²) in [6.45, 7) is 0. The number of benzene rings is 4. The molecule has 0 atom stereocenters. The molecule has 0 aromatic heterocycles. The fourth-order valence-electron chi connectivity index (χ4n) is 3.37. The molecule has 182 valence electrons. The molecule has 3 nitrogen and oxygen atoms in total. The molecule has 0 radical (unpaired) electrons. The summed E-state index contributed by atoms with van der Waals surface area (Å²) >= 11 is 12.2. The minimum Gasteiger partial charge on any atom is -0.203 e. The highest BCUT2D eigenvalue weighted by Gasteiger charge is 2.39. The summed E-state index contributed by atoms with van der Waals surface area (Å²) < 4.78 is 72.2. The second kappa shape index (κ2) is 9.87. The largest absolute Gasteiger partial charge is 0.416 e. The standard InChI is InChI=1S/C25H17Cl2F3O3S2/c26-19-8-14-22(15-9-19)34(21-4-2-1-3-5-21,23-16-10-20(27)11-17-23)33-35(31,32)24-12-6-18(7-13-24)25(28,29)30/h1-17H. The first-order valence-corrected chi connectivity index (χ1v) is 13.8. The maximum atomic E-state index is 13.5. The van der Waals surface area contributed by atoms with Crippen molar-refractivity contribution >= 4 is 43.6 Å². The summed E-state index contributed by atoms with van der Waals surface area (Å²) in [6.07, 6.45) is -4.60. The molecule has 0 bridgehead atoms. The van der Waals surface area contributed by atoms with Gasteiger partial charge in [0.05, 0.1) is 10.5 Å². The van der Waals surface area contributed by atoms with Gasteiger partial charge in [0, 0.05) is 24.7 Å². The second-order valence-electron chi connectivity index (χ2n) is 7.32. The van der Waals surface area contributed by atoms with Gasteiger partial charge in [0.15, 0.2) is 0 Å². The number of rotatable bonds is 6. The molecule has 4 aromatic rings. The van der Waals surface area contributed by atoms with Crippen LogP contribution in [-0.4, -0.2) is 8.42 Å². The van der Waals surface area contributed by atoms with Crippen LogP contribution >= 0.6 is 33.5 Å². The SMILES string of the molecule is O=S(=O)(OS(c1ccccc1)(c1ccc(Cl)cc1)c1ccc(Cl)cc1)c1ccc(C(F)(F)F)cc1. The Balaban J connectivity index is 1.95. The topological polar surface area (TPSA) is 43.4 Å². The minimum atomic E-state index is -4.60. The fraction of sp³-hybridized carbons (Fsp3) is 0.0400. The lowest BCUT2D eigenvalue weighted by atomic mass is 10.2. The molecule has 35 heavy (non-hydrogen) atoms. The Labute approximate surface area is 212 Å². The predicted octanol–water partition coefficient (Wildman–Crippen LogP) is 8.61. The molecule has 4 aromatic carbocycles. The minimum absolute atomic E-state index is 0.402. The van der Waals surface area contributed by atoms with Gasteiger partial charge in [-0.1, -0.05) is 41.4 Å². The average Bonchev–Trinajstić information content (AvgIpc) is 2.84. The Hall–Kier alpha value is -2.49. The summed E-state index contributed by atoms with van der Waals surface area (Å²) in [5, 5.41) is 0.883. The van der Waals surface area contributed by atoms with Gasteiger partial charge < -0.3 is 0 Å². The van der Waals surface area contributed by atoms with E-state index in [-0.39, 0.29) is 0 Å². The second-order valence-corrected chi connectivity index (χ2v) is 12.6. The Bertz CT molecular complexity index is 1360. The highest BCUT2D eigenvalue weighted by molar-refractivity contribution is 8.33. The molecule has 0 saturated heterocycles. The number of hydrogen-bond acceptors (Lipinski definition) is 3. The summed E-state index contributed by atoms with van der Waals surface area (Å²) in [7, 11) is -7.48. The molecular formula is C25H17Cl2F3O3S2. The molecule has 0 saturated carbocycles. The molecule has 0 amide bonds. The Kier molecular flexibility index (Phi) is 7.22. The van der Waals surface area contributed by atoms with Crippen LogP contribution in [0.25, 0.3) is 0 Å². The quantitative estimate of drug-likeness (QED) is 0.238. The van der Waals surface area contributed by atoms with E-state index in [1.807, 2.05) is 0 Å². The Morgan fingerprint density at radius 1 is 0.571 bits per heavy atom. The van der Waals surface area contributed by atoms with E-state index in [1.54, 1.807) is 78.9 Å². The van der Waals surface area contributed by atoms with E-state index in [0.29, 0.717) is 36.9 Å². The van der Waals surface area contributed by atoms with Gasteiger partial charge >= 0.3 is 16.3 Å². The maximum absolute atomic E-state index is 13.5.